The molecule has 34 heavy (non-hydrogen) atoms. The molecule has 6 heteroatoms. The van der Waals surface area contributed by atoms with Crippen LogP contribution in [0, 0.1) is 5.41 Å². The molecule has 6 aromatic rings. The van der Waals surface area contributed by atoms with Gasteiger partial charge in [-0.2, -0.15) is 0 Å². The summed E-state index contributed by atoms with van der Waals surface area (Å²) >= 11 is 0. The van der Waals surface area contributed by atoms with Gasteiger partial charge in [-0.25, -0.2) is 0 Å². The average Bonchev–Trinajstić information content (AvgIpc) is 3.22. The van der Waals surface area contributed by atoms with E-state index in [0.29, 0.717) is 5.39 Å². The van der Waals surface area contributed by atoms with Crippen molar-refractivity contribution in [2.45, 2.75) is 6.92 Å². The number of aliphatic imine (C=N–C) groups is 1. The van der Waals surface area contributed by atoms with Gasteiger partial charge < -0.3 is 5.41 Å². The van der Waals surface area contributed by atoms with Crippen LogP contribution in [0.4, 0.5) is 0 Å². The van der Waals surface area contributed by atoms with Gasteiger partial charge in [-0.1, -0.05) is 24.3 Å². The highest BCUT2D eigenvalue weighted by molar-refractivity contribution is 6.21. The molecule has 0 aliphatic heterocycles. The summed E-state index contributed by atoms with van der Waals surface area (Å²) in [5.74, 6) is 0. The van der Waals surface area contributed by atoms with Crippen molar-refractivity contribution in [1.29, 1.82) is 5.41 Å². The minimum atomic E-state index is -0.0223. The SMILES string of the molecule is C/C(=C\N=C/C=N)c1ccc2c(c1)c1cc(-c3cnccn3)cc3c4ccccc4c(=O)n2c31. The monoisotopic (exact) mass is 441 g/mol. The second-order valence-corrected chi connectivity index (χ2v) is 8.21. The summed E-state index contributed by atoms with van der Waals surface area (Å²) < 4.78 is 1.83. The van der Waals surface area contributed by atoms with Crippen LogP contribution >= 0.6 is 0 Å². The van der Waals surface area contributed by atoms with Gasteiger partial charge in [0, 0.05) is 58.1 Å². The van der Waals surface area contributed by atoms with Crippen molar-refractivity contribution >= 4 is 56.0 Å². The van der Waals surface area contributed by atoms with Crippen LogP contribution in [0.3, 0.4) is 0 Å². The number of pyridine rings is 1. The highest BCUT2D eigenvalue weighted by atomic mass is 16.1. The van der Waals surface area contributed by atoms with Gasteiger partial charge in [0.2, 0.25) is 0 Å². The molecule has 0 spiro atoms. The van der Waals surface area contributed by atoms with E-state index in [1.165, 1.54) is 6.21 Å². The minimum absolute atomic E-state index is 0.0223. The zero-order valence-corrected chi connectivity index (χ0v) is 18.4. The number of nitrogens with one attached hydrogen (secondary N) is 1. The van der Waals surface area contributed by atoms with Crippen LogP contribution in [0.15, 0.2) is 89.2 Å². The maximum Gasteiger partial charge on any atom is 0.263 e. The van der Waals surface area contributed by atoms with E-state index in [0.717, 1.165) is 61.2 Å². The highest BCUT2D eigenvalue weighted by Gasteiger charge is 2.19. The Morgan fingerprint density at radius 2 is 1.76 bits per heavy atom. The molecular formula is C28H19N5O. The average molecular weight is 441 g/mol. The second kappa shape index (κ2) is 7.71. The summed E-state index contributed by atoms with van der Waals surface area (Å²) in [7, 11) is 0. The van der Waals surface area contributed by atoms with Crippen LogP contribution < -0.4 is 5.56 Å². The summed E-state index contributed by atoms with van der Waals surface area (Å²) in [6, 6.07) is 18.1. The maximum atomic E-state index is 13.6. The molecule has 0 fully saturated rings. The number of aromatic nitrogens is 3. The third kappa shape index (κ3) is 2.93. The standard InChI is InChI=1S/C28H19N5O/c1-17(15-30-9-8-29)18-6-7-26-22(12-18)24-14-19(25-16-31-10-11-32-25)13-23-20-4-2-3-5-21(20)28(34)33(26)27(23)24/h2-16,29H,1H3/b17-15+,29-8?,30-9-. The summed E-state index contributed by atoms with van der Waals surface area (Å²) in [5, 5.41) is 11.7. The molecule has 0 radical (unpaired) electrons. The lowest BCUT2D eigenvalue weighted by atomic mass is 9.99. The molecule has 6 nitrogen and oxygen atoms in total. The molecule has 0 aliphatic rings. The fourth-order valence-electron chi connectivity index (χ4n) is 4.70. The Morgan fingerprint density at radius 3 is 2.53 bits per heavy atom. The Bertz CT molecular complexity index is 1850. The quantitative estimate of drug-likeness (QED) is 0.280. The predicted octanol–water partition coefficient (Wildman–Crippen LogP) is 5.74. The second-order valence-electron chi connectivity index (χ2n) is 8.21. The zero-order valence-electron chi connectivity index (χ0n) is 18.4. The fraction of sp³-hybridized carbons (Fsp3) is 0.0357. The van der Waals surface area contributed by atoms with E-state index in [9.17, 15) is 4.79 Å². The third-order valence-corrected chi connectivity index (χ3v) is 6.25. The van der Waals surface area contributed by atoms with Crippen LogP contribution in [-0.2, 0) is 0 Å². The van der Waals surface area contributed by atoms with Crippen LogP contribution in [-0.4, -0.2) is 26.8 Å². The lowest BCUT2D eigenvalue weighted by molar-refractivity contribution is 1.20. The van der Waals surface area contributed by atoms with Gasteiger partial charge in [0.05, 0.1) is 22.9 Å². The van der Waals surface area contributed by atoms with E-state index in [-0.39, 0.29) is 5.56 Å². The lowest BCUT2D eigenvalue weighted by Gasteiger charge is -2.08. The van der Waals surface area contributed by atoms with E-state index in [4.69, 9.17) is 5.41 Å². The number of hydrogen-bond donors (Lipinski definition) is 1. The van der Waals surface area contributed by atoms with Crippen LogP contribution in [0.25, 0.3) is 54.8 Å². The molecule has 0 saturated carbocycles. The molecule has 0 bridgehead atoms. The van der Waals surface area contributed by atoms with Crippen molar-refractivity contribution in [2.24, 2.45) is 4.99 Å². The molecular weight excluding hydrogens is 422 g/mol. The van der Waals surface area contributed by atoms with Crippen LogP contribution in [0.5, 0.6) is 0 Å². The molecule has 0 unspecified atom stereocenters. The zero-order chi connectivity index (χ0) is 23.2. The molecule has 6 rings (SSSR count). The van der Waals surface area contributed by atoms with Gasteiger partial charge in [-0.05, 0) is 53.8 Å². The Labute approximate surface area is 194 Å². The number of benzene rings is 3. The van der Waals surface area contributed by atoms with Crippen molar-refractivity contribution in [1.82, 2.24) is 14.4 Å². The van der Waals surface area contributed by atoms with Gasteiger partial charge in [0.25, 0.3) is 5.56 Å². The first-order valence-corrected chi connectivity index (χ1v) is 10.9. The number of fused-ring (bicyclic) bond motifs is 5. The first-order chi connectivity index (χ1) is 16.7. The van der Waals surface area contributed by atoms with E-state index in [1.54, 1.807) is 24.8 Å². The normalized spacial score (nSPS) is 12.6. The molecule has 1 N–H and O–H groups in total. The van der Waals surface area contributed by atoms with Crippen molar-refractivity contribution in [2.75, 3.05) is 0 Å². The third-order valence-electron chi connectivity index (χ3n) is 6.25. The van der Waals surface area contributed by atoms with Crippen LogP contribution in [0.2, 0.25) is 0 Å². The van der Waals surface area contributed by atoms with E-state index >= 15 is 0 Å². The molecule has 3 aromatic carbocycles. The summed E-state index contributed by atoms with van der Waals surface area (Å²) in [5.41, 5.74) is 5.46. The lowest BCUT2D eigenvalue weighted by Crippen LogP contribution is -2.12. The molecule has 3 aromatic heterocycles. The van der Waals surface area contributed by atoms with E-state index < -0.39 is 0 Å². The molecule has 0 saturated heterocycles. The molecule has 0 amide bonds. The Morgan fingerprint density at radius 1 is 0.971 bits per heavy atom. The van der Waals surface area contributed by atoms with Gasteiger partial charge >= 0.3 is 0 Å². The number of nitrogens with zero attached hydrogens (tertiary/aromatic N) is 4. The van der Waals surface area contributed by atoms with E-state index in [2.05, 4.69) is 33.2 Å². The number of allylic oxidation sites excluding steroid dienone is 1. The Hall–Kier alpha value is -4.71. The van der Waals surface area contributed by atoms with Crippen LogP contribution in [0.1, 0.15) is 12.5 Å². The highest BCUT2D eigenvalue weighted by Crippen LogP contribution is 2.38. The summed E-state index contributed by atoms with van der Waals surface area (Å²) in [6.45, 7) is 1.98. The van der Waals surface area contributed by atoms with Gasteiger partial charge in [-0.15, -0.1) is 0 Å². The van der Waals surface area contributed by atoms with Gasteiger partial charge in [0.1, 0.15) is 0 Å². The van der Waals surface area contributed by atoms with Crippen molar-refractivity contribution < 1.29 is 0 Å². The van der Waals surface area contributed by atoms with Crippen molar-refractivity contribution in [3.05, 3.63) is 95.3 Å². The van der Waals surface area contributed by atoms with Gasteiger partial charge in [0.15, 0.2) is 0 Å². The largest absolute Gasteiger partial charge is 0.307 e. The Kier molecular flexibility index (Phi) is 4.52. The number of hydrogen-bond acceptors (Lipinski definition) is 5. The minimum Gasteiger partial charge on any atom is -0.307 e. The van der Waals surface area contributed by atoms with Crippen molar-refractivity contribution in [3.8, 4) is 11.3 Å². The van der Waals surface area contributed by atoms with E-state index in [1.807, 2.05) is 47.7 Å². The smallest absolute Gasteiger partial charge is 0.263 e. The summed E-state index contributed by atoms with van der Waals surface area (Å²) in [6.07, 6.45) is 9.43. The molecule has 0 atom stereocenters. The van der Waals surface area contributed by atoms with Gasteiger partial charge in [-0.3, -0.25) is 24.2 Å². The molecule has 3 heterocycles. The molecule has 0 aliphatic carbocycles. The van der Waals surface area contributed by atoms with Crippen molar-refractivity contribution in [3.63, 3.8) is 0 Å². The Balaban J connectivity index is 1.78. The predicted molar refractivity (Wildman–Crippen MR) is 139 cm³/mol. The molecule has 162 valence electrons. The number of rotatable bonds is 4. The maximum absolute atomic E-state index is 13.6. The first kappa shape index (κ1) is 19.9. The summed E-state index contributed by atoms with van der Waals surface area (Å²) in [4.78, 5) is 26.5. The first-order valence-electron chi connectivity index (χ1n) is 10.9. The topological polar surface area (TPSA) is 83.5 Å². The fourth-order valence-corrected chi connectivity index (χ4v) is 4.70.